The van der Waals surface area contributed by atoms with Gasteiger partial charge in [-0.15, -0.1) is 0 Å². The second kappa shape index (κ2) is 9.69. The van der Waals surface area contributed by atoms with E-state index in [4.69, 9.17) is 0 Å². The normalized spacial score (nSPS) is 10.7. The molecule has 112 valence electrons. The van der Waals surface area contributed by atoms with Crippen LogP contribution in [-0.2, 0) is 6.54 Å². The van der Waals surface area contributed by atoms with E-state index in [2.05, 4.69) is 15.9 Å². The first kappa shape index (κ1) is 16.9. The van der Waals surface area contributed by atoms with Crippen molar-refractivity contribution >= 4 is 21.6 Å². The van der Waals surface area contributed by atoms with Gasteiger partial charge in [-0.3, -0.25) is 14.9 Å². The SMILES string of the molecule is O=c1c([N+](=O)[O-])cccn1CCCCCCCCCBr. The van der Waals surface area contributed by atoms with Crippen LogP contribution in [0.5, 0.6) is 0 Å². The van der Waals surface area contributed by atoms with Crippen LogP contribution in [0.3, 0.4) is 0 Å². The molecule has 0 fully saturated rings. The first-order valence-corrected chi connectivity index (χ1v) is 8.18. The predicted octanol–water partition coefficient (Wildman–Crippen LogP) is 3.88. The van der Waals surface area contributed by atoms with Crippen molar-refractivity contribution in [3.05, 3.63) is 38.8 Å². The summed E-state index contributed by atoms with van der Waals surface area (Å²) in [6.45, 7) is 0.557. The Labute approximate surface area is 127 Å². The van der Waals surface area contributed by atoms with Gasteiger partial charge in [0.15, 0.2) is 0 Å². The summed E-state index contributed by atoms with van der Waals surface area (Å²) in [7, 11) is 0. The lowest BCUT2D eigenvalue weighted by molar-refractivity contribution is -0.386. The van der Waals surface area contributed by atoms with Crippen LogP contribution in [0.2, 0.25) is 0 Å². The van der Waals surface area contributed by atoms with E-state index in [-0.39, 0.29) is 5.69 Å². The van der Waals surface area contributed by atoms with Gasteiger partial charge in [-0.25, -0.2) is 0 Å². The van der Waals surface area contributed by atoms with Crippen molar-refractivity contribution in [2.45, 2.75) is 51.5 Å². The number of nitrogens with zero attached hydrogens (tertiary/aromatic N) is 2. The number of unbranched alkanes of at least 4 members (excludes halogenated alkanes) is 6. The fraction of sp³-hybridized carbons (Fsp3) is 0.643. The van der Waals surface area contributed by atoms with Crippen molar-refractivity contribution in [2.75, 3.05) is 5.33 Å². The molecule has 0 atom stereocenters. The third-order valence-electron chi connectivity index (χ3n) is 3.23. The van der Waals surface area contributed by atoms with Crippen LogP contribution in [0.15, 0.2) is 23.1 Å². The number of aryl methyl sites for hydroxylation is 1. The number of rotatable bonds is 10. The predicted molar refractivity (Wildman–Crippen MR) is 83.5 cm³/mol. The minimum Gasteiger partial charge on any atom is -0.310 e. The molecular weight excluding hydrogens is 324 g/mol. The van der Waals surface area contributed by atoms with Crippen LogP contribution in [0.1, 0.15) is 44.9 Å². The number of pyridine rings is 1. The topological polar surface area (TPSA) is 65.1 Å². The largest absolute Gasteiger partial charge is 0.334 e. The lowest BCUT2D eigenvalue weighted by Crippen LogP contribution is -2.21. The van der Waals surface area contributed by atoms with Gasteiger partial charge in [0.05, 0.1) is 4.92 Å². The first-order valence-electron chi connectivity index (χ1n) is 7.06. The summed E-state index contributed by atoms with van der Waals surface area (Å²) in [6.07, 6.45) is 9.68. The van der Waals surface area contributed by atoms with Gasteiger partial charge in [-0.2, -0.15) is 0 Å². The van der Waals surface area contributed by atoms with E-state index in [0.717, 1.165) is 24.6 Å². The van der Waals surface area contributed by atoms with E-state index >= 15 is 0 Å². The maximum atomic E-state index is 11.8. The van der Waals surface area contributed by atoms with Crippen molar-refractivity contribution in [3.8, 4) is 0 Å². The summed E-state index contributed by atoms with van der Waals surface area (Å²) >= 11 is 3.41. The summed E-state index contributed by atoms with van der Waals surface area (Å²) in [5, 5.41) is 11.7. The minimum absolute atomic E-state index is 0.345. The first-order chi connectivity index (χ1) is 9.66. The van der Waals surface area contributed by atoms with Gasteiger partial charge in [0, 0.05) is 24.1 Å². The molecule has 0 aliphatic rings. The highest BCUT2D eigenvalue weighted by Crippen LogP contribution is 2.09. The smallest absolute Gasteiger partial charge is 0.310 e. The molecule has 0 aromatic carbocycles. The molecule has 0 bridgehead atoms. The molecule has 0 radical (unpaired) electrons. The van der Waals surface area contributed by atoms with Crippen molar-refractivity contribution in [1.29, 1.82) is 0 Å². The number of halogens is 1. The lowest BCUT2D eigenvalue weighted by atomic mass is 10.1. The molecule has 20 heavy (non-hydrogen) atoms. The molecule has 0 saturated carbocycles. The second-order valence-corrected chi connectivity index (χ2v) is 5.61. The summed E-state index contributed by atoms with van der Waals surface area (Å²) in [5.41, 5.74) is -0.850. The second-order valence-electron chi connectivity index (χ2n) is 4.81. The Hall–Kier alpha value is -1.17. The fourth-order valence-electron chi connectivity index (χ4n) is 2.10. The molecule has 0 aliphatic carbocycles. The van der Waals surface area contributed by atoms with Crippen molar-refractivity contribution < 1.29 is 4.92 Å². The minimum atomic E-state index is -0.622. The van der Waals surface area contributed by atoms with Crippen LogP contribution in [-0.4, -0.2) is 14.8 Å². The Balaban J connectivity index is 2.27. The average molecular weight is 345 g/mol. The molecule has 0 aliphatic heterocycles. The molecule has 1 rings (SSSR count). The molecule has 0 amide bonds. The zero-order valence-electron chi connectivity index (χ0n) is 11.6. The Morgan fingerprint density at radius 1 is 1.10 bits per heavy atom. The van der Waals surface area contributed by atoms with E-state index in [0.29, 0.717) is 6.54 Å². The Morgan fingerprint density at radius 2 is 1.70 bits per heavy atom. The maximum Gasteiger partial charge on any atom is 0.334 e. The summed E-state index contributed by atoms with van der Waals surface area (Å²) in [6, 6.07) is 2.81. The van der Waals surface area contributed by atoms with Gasteiger partial charge >= 0.3 is 11.2 Å². The summed E-state index contributed by atoms with van der Waals surface area (Å²) in [5.74, 6) is 0. The van der Waals surface area contributed by atoms with Crippen molar-refractivity contribution in [3.63, 3.8) is 0 Å². The zero-order chi connectivity index (χ0) is 14.8. The molecular formula is C14H21BrN2O3. The number of hydrogen-bond donors (Lipinski definition) is 0. The third-order valence-corrected chi connectivity index (χ3v) is 3.79. The van der Waals surface area contributed by atoms with E-state index in [1.807, 2.05) is 0 Å². The number of nitro groups is 1. The highest BCUT2D eigenvalue weighted by atomic mass is 79.9. The van der Waals surface area contributed by atoms with Gasteiger partial charge in [-0.05, 0) is 18.9 Å². The zero-order valence-corrected chi connectivity index (χ0v) is 13.2. The monoisotopic (exact) mass is 344 g/mol. The van der Waals surface area contributed by atoms with Crippen molar-refractivity contribution in [2.24, 2.45) is 0 Å². The molecule has 0 spiro atoms. The average Bonchev–Trinajstić information content (AvgIpc) is 2.43. The van der Waals surface area contributed by atoms with E-state index in [9.17, 15) is 14.9 Å². The fourth-order valence-corrected chi connectivity index (χ4v) is 2.50. The van der Waals surface area contributed by atoms with Gasteiger partial charge in [0.2, 0.25) is 0 Å². The standard InChI is InChI=1S/C14H21BrN2O3/c15-10-6-4-2-1-3-5-7-11-16-12-8-9-13(14(16)18)17(19)20/h8-9,12H,1-7,10-11H2. The molecule has 0 saturated heterocycles. The number of hydrogen-bond acceptors (Lipinski definition) is 3. The van der Waals surface area contributed by atoms with Crippen molar-refractivity contribution in [1.82, 2.24) is 4.57 Å². The van der Waals surface area contributed by atoms with Gasteiger partial charge < -0.3 is 4.57 Å². The van der Waals surface area contributed by atoms with Crippen LogP contribution in [0.25, 0.3) is 0 Å². The molecule has 1 aromatic rings. The summed E-state index contributed by atoms with van der Waals surface area (Å²) in [4.78, 5) is 21.8. The van der Waals surface area contributed by atoms with E-state index in [1.54, 1.807) is 12.3 Å². The van der Waals surface area contributed by atoms with Gasteiger partial charge in [0.25, 0.3) is 0 Å². The van der Waals surface area contributed by atoms with Crippen LogP contribution in [0.4, 0.5) is 5.69 Å². The maximum absolute atomic E-state index is 11.8. The van der Waals surface area contributed by atoms with Gasteiger partial charge in [0.1, 0.15) is 0 Å². The summed E-state index contributed by atoms with van der Waals surface area (Å²) < 4.78 is 1.43. The van der Waals surface area contributed by atoms with Crippen LogP contribution in [0, 0.1) is 10.1 Å². The number of aromatic nitrogens is 1. The Morgan fingerprint density at radius 3 is 2.30 bits per heavy atom. The molecule has 1 aromatic heterocycles. The van der Waals surface area contributed by atoms with Crippen LogP contribution >= 0.6 is 15.9 Å². The number of alkyl halides is 1. The molecule has 0 unspecified atom stereocenters. The van der Waals surface area contributed by atoms with E-state index in [1.165, 1.54) is 36.3 Å². The third kappa shape index (κ3) is 5.86. The molecule has 0 N–H and O–H groups in total. The highest BCUT2D eigenvalue weighted by Gasteiger charge is 2.12. The Kier molecular flexibility index (Phi) is 8.18. The molecule has 6 heteroatoms. The Bertz CT molecular complexity index is 474. The molecule has 5 nitrogen and oxygen atoms in total. The quantitative estimate of drug-likeness (QED) is 0.280. The highest BCUT2D eigenvalue weighted by molar-refractivity contribution is 9.09. The van der Waals surface area contributed by atoms with E-state index < -0.39 is 10.5 Å². The lowest BCUT2D eigenvalue weighted by Gasteiger charge is -2.05. The van der Waals surface area contributed by atoms with Gasteiger partial charge in [-0.1, -0.05) is 48.0 Å². The van der Waals surface area contributed by atoms with Crippen LogP contribution < -0.4 is 5.56 Å². The molecule has 1 heterocycles.